The number of halogens is 3. The van der Waals surface area contributed by atoms with Crippen molar-refractivity contribution in [1.29, 1.82) is 0 Å². The monoisotopic (exact) mass is 590 g/mol. The Kier molecular flexibility index (Phi) is 8.79. The van der Waals surface area contributed by atoms with E-state index in [2.05, 4.69) is 5.32 Å². The van der Waals surface area contributed by atoms with Gasteiger partial charge >= 0.3 is 5.97 Å². The van der Waals surface area contributed by atoms with Gasteiger partial charge in [-0.1, -0.05) is 18.5 Å². The highest BCUT2D eigenvalue weighted by atomic mass is 35.5. The average Bonchev–Trinajstić information content (AvgIpc) is 3.41. The molecule has 0 unspecified atom stereocenters. The standard InChI is InChI=1S/C31H37ClF2N2O5/c1-17-20(33)14-19(15-21(17)34)35-29(40)25-22-7-6-12-36(22)27(26(25)32)28(39)23(37)16-31(5)10-8-18(9-11-31)13-24(38)41-30(2,3)4/h14-15,18H,6-13,16H2,1-5H3,(H,35,40). The second kappa shape index (κ2) is 11.7. The Bertz CT molecular complexity index is 1380. The first-order chi connectivity index (χ1) is 19.1. The summed E-state index contributed by atoms with van der Waals surface area (Å²) in [5.74, 6) is -3.70. The second-order valence-electron chi connectivity index (χ2n) is 12.7. The minimum Gasteiger partial charge on any atom is -0.460 e. The summed E-state index contributed by atoms with van der Waals surface area (Å²) in [7, 11) is 0. The molecule has 1 aliphatic carbocycles. The van der Waals surface area contributed by atoms with E-state index in [1.807, 2.05) is 27.7 Å². The van der Waals surface area contributed by atoms with Crippen molar-refractivity contribution in [2.75, 3.05) is 5.32 Å². The van der Waals surface area contributed by atoms with Crippen LogP contribution in [0, 0.1) is 29.9 Å². The number of hydrogen-bond donors (Lipinski definition) is 1. The molecular weight excluding hydrogens is 554 g/mol. The largest absolute Gasteiger partial charge is 0.460 e. The number of ether oxygens (including phenoxy) is 1. The molecule has 7 nitrogen and oxygen atoms in total. The first-order valence-corrected chi connectivity index (χ1v) is 14.4. The van der Waals surface area contributed by atoms with E-state index in [9.17, 15) is 28.0 Å². The number of esters is 1. The molecule has 0 saturated heterocycles. The number of ketones is 2. The number of anilines is 1. The highest BCUT2D eigenvalue weighted by Gasteiger charge is 2.39. The van der Waals surface area contributed by atoms with Crippen molar-refractivity contribution < 1.29 is 32.7 Å². The van der Waals surface area contributed by atoms with Gasteiger partial charge in [0, 0.05) is 36.3 Å². The van der Waals surface area contributed by atoms with Gasteiger partial charge in [-0.25, -0.2) is 8.78 Å². The minimum atomic E-state index is -0.803. The van der Waals surface area contributed by atoms with Gasteiger partial charge in [-0.2, -0.15) is 0 Å². The number of nitrogens with zero attached hydrogens (tertiary/aromatic N) is 1. The molecule has 2 heterocycles. The minimum absolute atomic E-state index is 0.0159. The summed E-state index contributed by atoms with van der Waals surface area (Å²) in [5, 5.41) is 2.35. The molecule has 1 aromatic heterocycles. The molecule has 0 atom stereocenters. The van der Waals surface area contributed by atoms with Crippen LogP contribution in [0.3, 0.4) is 0 Å². The smallest absolute Gasteiger partial charge is 0.306 e. The molecule has 10 heteroatoms. The van der Waals surface area contributed by atoms with Crippen LogP contribution < -0.4 is 5.32 Å². The summed E-state index contributed by atoms with van der Waals surface area (Å²) >= 11 is 6.58. The van der Waals surface area contributed by atoms with Gasteiger partial charge in [0.2, 0.25) is 11.6 Å². The molecule has 1 aromatic carbocycles. The van der Waals surface area contributed by atoms with Crippen LogP contribution >= 0.6 is 11.6 Å². The first kappa shape index (κ1) is 30.9. The average molecular weight is 591 g/mol. The van der Waals surface area contributed by atoms with Crippen molar-refractivity contribution in [1.82, 2.24) is 4.57 Å². The summed E-state index contributed by atoms with van der Waals surface area (Å²) in [6, 6.07) is 2.03. The lowest BCUT2D eigenvalue weighted by atomic mass is 9.68. The van der Waals surface area contributed by atoms with Gasteiger partial charge in [-0.3, -0.25) is 19.2 Å². The Morgan fingerprint density at radius 1 is 1.12 bits per heavy atom. The highest BCUT2D eigenvalue weighted by Crippen LogP contribution is 2.43. The normalized spacial score (nSPS) is 20.4. The number of carbonyl (C=O) groups excluding carboxylic acids is 4. The number of amides is 1. The molecule has 1 saturated carbocycles. The van der Waals surface area contributed by atoms with Crippen LogP contribution in [0.1, 0.15) is 105 Å². The van der Waals surface area contributed by atoms with E-state index in [0.717, 1.165) is 25.0 Å². The molecule has 1 amide bonds. The zero-order valence-electron chi connectivity index (χ0n) is 24.2. The maximum Gasteiger partial charge on any atom is 0.306 e. The summed E-state index contributed by atoms with van der Waals surface area (Å²) < 4.78 is 35.1. The van der Waals surface area contributed by atoms with Crippen LogP contribution in [0.25, 0.3) is 0 Å². The van der Waals surface area contributed by atoms with Crippen LogP contribution in [-0.2, 0) is 27.3 Å². The summed E-state index contributed by atoms with van der Waals surface area (Å²) in [6.07, 6.45) is 4.38. The third kappa shape index (κ3) is 6.88. The first-order valence-electron chi connectivity index (χ1n) is 14.1. The molecule has 0 bridgehead atoms. The van der Waals surface area contributed by atoms with Gasteiger partial charge in [0.25, 0.3) is 5.91 Å². The Morgan fingerprint density at radius 2 is 1.73 bits per heavy atom. The summed E-state index contributed by atoms with van der Waals surface area (Å²) in [6.45, 7) is 9.19. The van der Waals surface area contributed by atoms with Crippen LogP contribution in [0.2, 0.25) is 5.02 Å². The SMILES string of the molecule is Cc1c(F)cc(NC(=O)c2c(Cl)c(C(=O)C(=O)CC3(C)CCC(CC(=O)OC(C)(C)C)CC3)n3c2CCC3)cc1F. The number of nitrogens with one attached hydrogen (secondary N) is 1. The lowest BCUT2D eigenvalue weighted by Gasteiger charge is -2.36. The molecule has 4 rings (SSSR count). The molecule has 0 radical (unpaired) electrons. The third-order valence-electron chi connectivity index (χ3n) is 8.12. The lowest BCUT2D eigenvalue weighted by molar-refractivity contribution is -0.156. The van der Waals surface area contributed by atoms with Gasteiger partial charge in [-0.05, 0) is 89.7 Å². The van der Waals surface area contributed by atoms with E-state index in [1.54, 1.807) is 4.57 Å². The Hall–Kier alpha value is -3.07. The van der Waals surface area contributed by atoms with E-state index in [0.29, 0.717) is 44.3 Å². The van der Waals surface area contributed by atoms with Crippen LogP contribution in [0.4, 0.5) is 14.5 Å². The predicted octanol–water partition coefficient (Wildman–Crippen LogP) is 7.00. The molecule has 1 aliphatic heterocycles. The fourth-order valence-electron chi connectivity index (χ4n) is 5.88. The van der Waals surface area contributed by atoms with Gasteiger partial charge in [0.15, 0.2) is 0 Å². The number of fused-ring (bicyclic) bond motifs is 1. The fraction of sp³-hybridized carbons (Fsp3) is 0.548. The van der Waals surface area contributed by atoms with Crippen molar-refractivity contribution in [2.45, 2.75) is 98.1 Å². The third-order valence-corrected chi connectivity index (χ3v) is 8.48. The van der Waals surface area contributed by atoms with Crippen molar-refractivity contribution in [3.05, 3.63) is 51.3 Å². The van der Waals surface area contributed by atoms with E-state index < -0.39 is 40.1 Å². The van der Waals surface area contributed by atoms with E-state index in [1.165, 1.54) is 6.92 Å². The van der Waals surface area contributed by atoms with Gasteiger partial charge < -0.3 is 14.6 Å². The van der Waals surface area contributed by atoms with Crippen molar-refractivity contribution in [3.8, 4) is 0 Å². The number of hydrogen-bond acceptors (Lipinski definition) is 5. The molecule has 1 N–H and O–H groups in total. The van der Waals surface area contributed by atoms with Crippen molar-refractivity contribution in [3.63, 3.8) is 0 Å². The summed E-state index contributed by atoms with van der Waals surface area (Å²) in [4.78, 5) is 52.2. The van der Waals surface area contributed by atoms with E-state index >= 15 is 0 Å². The number of aromatic nitrogens is 1. The van der Waals surface area contributed by atoms with Crippen LogP contribution in [-0.4, -0.2) is 33.6 Å². The molecule has 2 aromatic rings. The van der Waals surface area contributed by atoms with Crippen LogP contribution in [0.5, 0.6) is 0 Å². The quantitative estimate of drug-likeness (QED) is 0.203. The molecule has 1 fully saturated rings. The van der Waals surface area contributed by atoms with Gasteiger partial charge in [-0.15, -0.1) is 0 Å². The maximum atomic E-state index is 14.0. The molecular formula is C31H37ClF2N2O5. The van der Waals surface area contributed by atoms with Crippen molar-refractivity contribution >= 4 is 40.7 Å². The maximum absolute atomic E-state index is 14.0. The fourth-order valence-corrected chi connectivity index (χ4v) is 6.27. The van der Waals surface area contributed by atoms with Crippen LogP contribution in [0.15, 0.2) is 12.1 Å². The number of benzene rings is 1. The Balaban J connectivity index is 1.46. The van der Waals surface area contributed by atoms with E-state index in [-0.39, 0.29) is 45.8 Å². The number of rotatable bonds is 8. The lowest BCUT2D eigenvalue weighted by Crippen LogP contribution is -2.32. The topological polar surface area (TPSA) is 94.5 Å². The van der Waals surface area contributed by atoms with E-state index in [4.69, 9.17) is 16.3 Å². The molecule has 41 heavy (non-hydrogen) atoms. The zero-order valence-corrected chi connectivity index (χ0v) is 25.0. The summed E-state index contributed by atoms with van der Waals surface area (Å²) in [5.41, 5.74) is -0.640. The number of carbonyl (C=O) groups is 4. The molecule has 222 valence electrons. The zero-order chi connectivity index (χ0) is 30.3. The van der Waals surface area contributed by atoms with Crippen molar-refractivity contribution in [2.24, 2.45) is 11.3 Å². The number of Topliss-reactive ketones (excluding diaryl/α,β-unsaturated/α-hetero) is 2. The molecule has 0 spiro atoms. The van der Waals surface area contributed by atoms with Gasteiger partial charge in [0.05, 0.1) is 10.6 Å². The predicted molar refractivity (Wildman–Crippen MR) is 151 cm³/mol. The highest BCUT2D eigenvalue weighted by molar-refractivity contribution is 6.48. The Labute approximate surface area is 244 Å². The van der Waals surface area contributed by atoms with Gasteiger partial charge in [0.1, 0.15) is 22.9 Å². The Morgan fingerprint density at radius 3 is 2.32 bits per heavy atom. The second-order valence-corrected chi connectivity index (χ2v) is 13.1. The molecule has 2 aliphatic rings.